The molecule has 98 valence electrons. The highest BCUT2D eigenvalue weighted by Crippen LogP contribution is 2.28. The summed E-state index contributed by atoms with van der Waals surface area (Å²) in [5, 5.41) is 0.295. The zero-order chi connectivity index (χ0) is 14.0. The quantitative estimate of drug-likeness (QED) is 0.629. The van der Waals surface area contributed by atoms with Crippen LogP contribution >= 0.6 is 27.5 Å². The normalized spacial score (nSPS) is 10.3. The van der Waals surface area contributed by atoms with Gasteiger partial charge < -0.3 is 9.15 Å². The van der Waals surface area contributed by atoms with Gasteiger partial charge in [0.25, 0.3) is 0 Å². The van der Waals surface area contributed by atoms with Crippen molar-refractivity contribution in [2.45, 2.75) is 0 Å². The van der Waals surface area contributed by atoms with Crippen molar-refractivity contribution in [1.82, 2.24) is 0 Å². The maximum Gasteiger partial charge on any atom is 0.373 e. The highest BCUT2D eigenvalue weighted by atomic mass is 79.9. The van der Waals surface area contributed by atoms with Crippen molar-refractivity contribution >= 4 is 39.3 Å². The molecule has 2 aromatic rings. The molecule has 1 aromatic carbocycles. The minimum Gasteiger partial charge on any atom is -0.463 e. The molecule has 4 nitrogen and oxygen atoms in total. The summed E-state index contributed by atoms with van der Waals surface area (Å²) in [5.41, 5.74) is 0.293. The first-order valence-corrected chi connectivity index (χ1v) is 6.38. The van der Waals surface area contributed by atoms with Crippen LogP contribution in [0.5, 0.6) is 0 Å². The third-order valence-corrected chi connectivity index (χ3v) is 3.71. The second-order valence-electron chi connectivity index (χ2n) is 3.59. The summed E-state index contributed by atoms with van der Waals surface area (Å²) in [7, 11) is 1.23. The molecular formula is C13H8BrClO4. The van der Waals surface area contributed by atoms with Crippen molar-refractivity contribution < 1.29 is 18.7 Å². The first kappa shape index (κ1) is 13.8. The molecule has 0 aliphatic rings. The fraction of sp³-hybridized carbons (Fsp3) is 0.0769. The van der Waals surface area contributed by atoms with E-state index in [1.165, 1.54) is 19.2 Å². The molecule has 1 heterocycles. The van der Waals surface area contributed by atoms with Crippen molar-refractivity contribution in [2.24, 2.45) is 0 Å². The standard InChI is InChI=1S/C13H8BrClO4/c1-18-13(17)10-6-5-9(19-10)12(16)7-3-2-4-8(14)11(7)15/h2-6H,1H3. The fourth-order valence-corrected chi connectivity index (χ4v) is 2.06. The molecular weight excluding hydrogens is 335 g/mol. The van der Waals surface area contributed by atoms with E-state index in [1.54, 1.807) is 18.2 Å². The summed E-state index contributed by atoms with van der Waals surface area (Å²) in [6.45, 7) is 0. The Morgan fingerprint density at radius 2 is 1.89 bits per heavy atom. The smallest absolute Gasteiger partial charge is 0.373 e. The van der Waals surface area contributed by atoms with Crippen molar-refractivity contribution in [3.05, 3.63) is 56.9 Å². The highest BCUT2D eigenvalue weighted by molar-refractivity contribution is 9.10. The van der Waals surface area contributed by atoms with Gasteiger partial charge in [-0.05, 0) is 40.2 Å². The first-order chi connectivity index (χ1) is 9.04. The van der Waals surface area contributed by atoms with Gasteiger partial charge in [-0.25, -0.2) is 4.79 Å². The third kappa shape index (κ3) is 2.72. The van der Waals surface area contributed by atoms with Gasteiger partial charge in [-0.1, -0.05) is 17.7 Å². The predicted octanol–water partition coefficient (Wildman–Crippen LogP) is 3.71. The van der Waals surface area contributed by atoms with Crippen LogP contribution in [0.3, 0.4) is 0 Å². The Balaban J connectivity index is 2.37. The molecule has 0 spiro atoms. The second-order valence-corrected chi connectivity index (χ2v) is 4.82. The van der Waals surface area contributed by atoms with Gasteiger partial charge in [0.1, 0.15) is 0 Å². The minimum atomic E-state index is -0.639. The SMILES string of the molecule is COC(=O)c1ccc(C(=O)c2cccc(Br)c2Cl)o1. The number of benzene rings is 1. The molecule has 0 fully saturated rings. The molecule has 2 rings (SSSR count). The molecule has 0 unspecified atom stereocenters. The number of ether oxygens (including phenoxy) is 1. The van der Waals surface area contributed by atoms with E-state index >= 15 is 0 Å². The molecule has 19 heavy (non-hydrogen) atoms. The average molecular weight is 344 g/mol. The number of furan rings is 1. The van der Waals surface area contributed by atoms with Gasteiger partial charge in [0.15, 0.2) is 5.76 Å². The van der Waals surface area contributed by atoms with E-state index < -0.39 is 11.8 Å². The summed E-state index contributed by atoms with van der Waals surface area (Å²) in [5.74, 6) is -1.04. The molecule has 0 saturated carbocycles. The molecule has 0 bridgehead atoms. The lowest BCUT2D eigenvalue weighted by Crippen LogP contribution is -2.02. The van der Waals surface area contributed by atoms with Crippen molar-refractivity contribution in [3.63, 3.8) is 0 Å². The first-order valence-electron chi connectivity index (χ1n) is 5.21. The highest BCUT2D eigenvalue weighted by Gasteiger charge is 2.20. The number of carbonyl (C=O) groups is 2. The Bertz CT molecular complexity index is 648. The van der Waals surface area contributed by atoms with E-state index in [4.69, 9.17) is 16.0 Å². The Labute approximate surface area is 122 Å². The molecule has 0 saturated heterocycles. The van der Waals surface area contributed by atoms with E-state index in [-0.39, 0.29) is 11.5 Å². The number of esters is 1. The fourth-order valence-electron chi connectivity index (χ4n) is 1.48. The second kappa shape index (κ2) is 5.59. The van der Waals surface area contributed by atoms with Crippen LogP contribution in [0.25, 0.3) is 0 Å². The predicted molar refractivity (Wildman–Crippen MR) is 72.6 cm³/mol. The van der Waals surface area contributed by atoms with E-state index in [0.717, 1.165) is 0 Å². The summed E-state index contributed by atoms with van der Waals surface area (Å²) in [6, 6.07) is 7.78. The third-order valence-electron chi connectivity index (χ3n) is 2.41. The van der Waals surface area contributed by atoms with Crippen LogP contribution in [0.2, 0.25) is 5.02 Å². The molecule has 0 radical (unpaired) electrons. The largest absolute Gasteiger partial charge is 0.463 e. The van der Waals surface area contributed by atoms with Crippen LogP contribution in [0.4, 0.5) is 0 Å². The maximum atomic E-state index is 12.2. The molecule has 0 amide bonds. The summed E-state index contributed by atoms with van der Waals surface area (Å²) < 4.78 is 10.3. The van der Waals surface area contributed by atoms with E-state index in [0.29, 0.717) is 15.1 Å². The molecule has 0 aliphatic heterocycles. The van der Waals surface area contributed by atoms with Gasteiger partial charge in [0.2, 0.25) is 11.5 Å². The van der Waals surface area contributed by atoms with Crippen molar-refractivity contribution in [1.29, 1.82) is 0 Å². The number of hydrogen-bond acceptors (Lipinski definition) is 4. The Morgan fingerprint density at radius 1 is 1.21 bits per heavy atom. The number of ketones is 1. The minimum absolute atomic E-state index is 0.0281. The van der Waals surface area contributed by atoms with Gasteiger partial charge in [-0.15, -0.1) is 0 Å². The number of halogens is 2. The van der Waals surface area contributed by atoms with Crippen LogP contribution in [-0.4, -0.2) is 18.9 Å². The van der Waals surface area contributed by atoms with Gasteiger partial charge in [-0.2, -0.15) is 0 Å². The van der Waals surface area contributed by atoms with Gasteiger partial charge in [0.05, 0.1) is 12.1 Å². The van der Waals surface area contributed by atoms with Crippen molar-refractivity contribution in [2.75, 3.05) is 7.11 Å². The molecule has 1 aromatic heterocycles. The number of carbonyl (C=O) groups excluding carboxylic acids is 2. The Morgan fingerprint density at radius 3 is 2.58 bits per heavy atom. The van der Waals surface area contributed by atoms with E-state index in [1.807, 2.05) is 0 Å². The van der Waals surface area contributed by atoms with Gasteiger partial charge in [0, 0.05) is 10.0 Å². The number of methoxy groups -OCH3 is 1. The molecule has 0 N–H and O–H groups in total. The van der Waals surface area contributed by atoms with Crippen molar-refractivity contribution in [3.8, 4) is 0 Å². The molecule has 6 heteroatoms. The summed E-state index contributed by atoms with van der Waals surface area (Å²) >= 11 is 9.27. The zero-order valence-electron chi connectivity index (χ0n) is 9.78. The lowest BCUT2D eigenvalue weighted by molar-refractivity contribution is 0.0563. The zero-order valence-corrected chi connectivity index (χ0v) is 12.1. The summed E-state index contributed by atoms with van der Waals surface area (Å²) in [6.07, 6.45) is 0. The van der Waals surface area contributed by atoms with Crippen LogP contribution in [0.15, 0.2) is 39.2 Å². The topological polar surface area (TPSA) is 56.5 Å². The lowest BCUT2D eigenvalue weighted by atomic mass is 10.1. The Kier molecular flexibility index (Phi) is 4.07. The maximum absolute atomic E-state index is 12.2. The molecule has 0 aliphatic carbocycles. The summed E-state index contributed by atoms with van der Waals surface area (Å²) in [4.78, 5) is 23.4. The lowest BCUT2D eigenvalue weighted by Gasteiger charge is -2.02. The van der Waals surface area contributed by atoms with Crippen LogP contribution in [0, 0.1) is 0 Å². The van der Waals surface area contributed by atoms with Gasteiger partial charge >= 0.3 is 5.97 Å². The monoisotopic (exact) mass is 342 g/mol. The van der Waals surface area contributed by atoms with Gasteiger partial charge in [-0.3, -0.25) is 4.79 Å². The molecule has 0 atom stereocenters. The average Bonchev–Trinajstić information content (AvgIpc) is 2.90. The number of rotatable bonds is 3. The van der Waals surface area contributed by atoms with Crippen LogP contribution in [-0.2, 0) is 4.74 Å². The number of hydrogen-bond donors (Lipinski definition) is 0. The van der Waals surface area contributed by atoms with Crippen LogP contribution in [0.1, 0.15) is 26.7 Å². The van der Waals surface area contributed by atoms with E-state index in [9.17, 15) is 9.59 Å². The van der Waals surface area contributed by atoms with Crippen LogP contribution < -0.4 is 0 Å². The van der Waals surface area contributed by atoms with E-state index in [2.05, 4.69) is 20.7 Å². The Hall–Kier alpha value is -1.59.